The monoisotopic (exact) mass is 224 g/mol. The Morgan fingerprint density at radius 1 is 1.44 bits per heavy atom. The maximum atomic E-state index is 11.8. The molecule has 3 nitrogen and oxygen atoms in total. The zero-order valence-corrected chi connectivity index (χ0v) is 10.5. The van der Waals surface area contributed by atoms with Gasteiger partial charge < -0.3 is 5.32 Å². The number of piperidine rings is 1. The maximum absolute atomic E-state index is 11.8. The molecule has 2 atom stereocenters. The van der Waals surface area contributed by atoms with Gasteiger partial charge in [0.15, 0.2) is 0 Å². The molecule has 2 fully saturated rings. The molecular weight excluding hydrogens is 200 g/mol. The minimum atomic E-state index is 0.425. The smallest absolute Gasteiger partial charge is 0.147 e. The Morgan fingerprint density at radius 2 is 2.25 bits per heavy atom. The van der Waals surface area contributed by atoms with E-state index >= 15 is 0 Å². The van der Waals surface area contributed by atoms with E-state index in [4.69, 9.17) is 0 Å². The van der Waals surface area contributed by atoms with Crippen molar-refractivity contribution in [2.24, 2.45) is 11.8 Å². The van der Waals surface area contributed by atoms with Crippen molar-refractivity contribution in [3.8, 4) is 0 Å². The summed E-state index contributed by atoms with van der Waals surface area (Å²) in [7, 11) is 0. The van der Waals surface area contributed by atoms with E-state index in [0.717, 1.165) is 32.0 Å². The van der Waals surface area contributed by atoms with Gasteiger partial charge in [-0.2, -0.15) is 0 Å². The summed E-state index contributed by atoms with van der Waals surface area (Å²) in [5, 5.41) is 3.45. The molecule has 2 aliphatic rings. The van der Waals surface area contributed by atoms with Gasteiger partial charge in [-0.05, 0) is 44.3 Å². The van der Waals surface area contributed by atoms with Crippen LogP contribution in [0.5, 0.6) is 0 Å². The van der Waals surface area contributed by atoms with Crippen LogP contribution in [0, 0.1) is 11.8 Å². The van der Waals surface area contributed by atoms with Crippen molar-refractivity contribution in [1.29, 1.82) is 0 Å². The van der Waals surface area contributed by atoms with Crippen molar-refractivity contribution >= 4 is 5.78 Å². The first-order valence-corrected chi connectivity index (χ1v) is 6.63. The molecule has 0 saturated carbocycles. The SMILES string of the molecule is CC(C)CC(=O)CN1CCC2CNCCC21. The lowest BCUT2D eigenvalue weighted by Crippen LogP contribution is -2.45. The van der Waals surface area contributed by atoms with Crippen molar-refractivity contribution in [2.45, 2.75) is 39.2 Å². The Bertz CT molecular complexity index is 252. The fourth-order valence-corrected chi connectivity index (χ4v) is 3.12. The number of rotatable bonds is 4. The second-order valence-electron chi connectivity index (χ2n) is 5.72. The molecule has 0 aliphatic carbocycles. The number of ketones is 1. The molecule has 1 N–H and O–H groups in total. The molecule has 0 aromatic heterocycles. The van der Waals surface area contributed by atoms with Crippen LogP contribution < -0.4 is 5.32 Å². The molecule has 2 saturated heterocycles. The second-order valence-corrected chi connectivity index (χ2v) is 5.72. The molecule has 3 heteroatoms. The topological polar surface area (TPSA) is 32.3 Å². The first-order chi connectivity index (χ1) is 7.66. The largest absolute Gasteiger partial charge is 0.316 e. The molecule has 16 heavy (non-hydrogen) atoms. The molecule has 2 rings (SSSR count). The average Bonchev–Trinajstić information content (AvgIpc) is 2.61. The minimum absolute atomic E-state index is 0.425. The molecule has 2 aliphatic heterocycles. The predicted octanol–water partition coefficient (Wildman–Crippen LogP) is 1.29. The molecule has 0 aromatic carbocycles. The normalized spacial score (nSPS) is 30.7. The summed E-state index contributed by atoms with van der Waals surface area (Å²) in [6.07, 6.45) is 3.23. The molecule has 0 spiro atoms. The van der Waals surface area contributed by atoms with Gasteiger partial charge >= 0.3 is 0 Å². The lowest BCUT2D eigenvalue weighted by molar-refractivity contribution is -0.121. The summed E-state index contributed by atoms with van der Waals surface area (Å²) in [6.45, 7) is 8.33. The molecular formula is C13H24N2O. The van der Waals surface area contributed by atoms with E-state index in [-0.39, 0.29) is 0 Å². The number of nitrogens with one attached hydrogen (secondary N) is 1. The fourth-order valence-electron chi connectivity index (χ4n) is 3.12. The van der Waals surface area contributed by atoms with Crippen LogP contribution in [0.4, 0.5) is 0 Å². The molecule has 92 valence electrons. The number of Topliss-reactive ketones (excluding diaryl/α,β-unsaturated/α-hetero) is 1. The van der Waals surface area contributed by atoms with Gasteiger partial charge in [0.1, 0.15) is 5.78 Å². The third kappa shape index (κ3) is 2.83. The fraction of sp³-hybridized carbons (Fsp3) is 0.923. The molecule has 0 amide bonds. The van der Waals surface area contributed by atoms with Gasteiger partial charge in [-0.3, -0.25) is 9.69 Å². The van der Waals surface area contributed by atoms with Crippen molar-refractivity contribution < 1.29 is 4.79 Å². The van der Waals surface area contributed by atoms with Crippen molar-refractivity contribution in [2.75, 3.05) is 26.2 Å². The van der Waals surface area contributed by atoms with E-state index in [1.54, 1.807) is 0 Å². The Kier molecular flexibility index (Phi) is 3.98. The van der Waals surface area contributed by atoms with Crippen LogP contribution in [-0.4, -0.2) is 42.9 Å². The van der Waals surface area contributed by atoms with Gasteiger partial charge in [0.05, 0.1) is 6.54 Å². The minimum Gasteiger partial charge on any atom is -0.316 e. The highest BCUT2D eigenvalue weighted by atomic mass is 16.1. The first kappa shape index (κ1) is 12.1. The third-order valence-electron chi connectivity index (χ3n) is 3.84. The van der Waals surface area contributed by atoms with Crippen LogP contribution in [-0.2, 0) is 4.79 Å². The number of likely N-dealkylation sites (tertiary alicyclic amines) is 1. The van der Waals surface area contributed by atoms with Crippen LogP contribution in [0.3, 0.4) is 0 Å². The van der Waals surface area contributed by atoms with Crippen molar-refractivity contribution in [3.05, 3.63) is 0 Å². The van der Waals surface area contributed by atoms with E-state index in [1.807, 2.05) is 0 Å². The predicted molar refractivity (Wildman–Crippen MR) is 65.4 cm³/mol. The van der Waals surface area contributed by atoms with Crippen LogP contribution in [0.15, 0.2) is 0 Å². The lowest BCUT2D eigenvalue weighted by atomic mass is 9.94. The van der Waals surface area contributed by atoms with Gasteiger partial charge in [0.25, 0.3) is 0 Å². The van der Waals surface area contributed by atoms with Crippen molar-refractivity contribution in [1.82, 2.24) is 10.2 Å². The number of hydrogen-bond acceptors (Lipinski definition) is 3. The Balaban J connectivity index is 1.83. The number of nitrogens with zero attached hydrogens (tertiary/aromatic N) is 1. The molecule has 0 bridgehead atoms. The Morgan fingerprint density at radius 3 is 3.00 bits per heavy atom. The first-order valence-electron chi connectivity index (χ1n) is 6.63. The Labute approximate surface area is 98.6 Å². The van der Waals surface area contributed by atoms with Gasteiger partial charge in [0.2, 0.25) is 0 Å². The Hall–Kier alpha value is -0.410. The number of carbonyl (C=O) groups excluding carboxylic acids is 1. The van der Waals surface area contributed by atoms with E-state index in [1.165, 1.54) is 12.8 Å². The van der Waals surface area contributed by atoms with E-state index in [2.05, 4.69) is 24.1 Å². The van der Waals surface area contributed by atoms with Crippen LogP contribution >= 0.6 is 0 Å². The highest BCUT2D eigenvalue weighted by molar-refractivity contribution is 5.80. The van der Waals surface area contributed by atoms with Gasteiger partial charge in [0, 0.05) is 12.5 Å². The number of fused-ring (bicyclic) bond motifs is 1. The average molecular weight is 224 g/mol. The summed E-state index contributed by atoms with van der Waals surface area (Å²) in [6, 6.07) is 0.678. The van der Waals surface area contributed by atoms with E-state index in [0.29, 0.717) is 24.3 Å². The van der Waals surface area contributed by atoms with Gasteiger partial charge in [-0.25, -0.2) is 0 Å². The van der Waals surface area contributed by atoms with Crippen molar-refractivity contribution in [3.63, 3.8) is 0 Å². The molecule has 0 aromatic rings. The molecule has 0 radical (unpaired) electrons. The zero-order valence-electron chi connectivity index (χ0n) is 10.5. The highest BCUT2D eigenvalue weighted by Gasteiger charge is 2.36. The van der Waals surface area contributed by atoms with E-state index < -0.39 is 0 Å². The number of hydrogen-bond donors (Lipinski definition) is 1. The van der Waals surface area contributed by atoms with Crippen LogP contribution in [0.1, 0.15) is 33.1 Å². The lowest BCUT2D eigenvalue weighted by Gasteiger charge is -2.31. The standard InChI is InChI=1S/C13H24N2O/c1-10(2)7-12(16)9-15-6-4-11-8-14-5-3-13(11)15/h10-11,13-14H,3-9H2,1-2H3. The highest BCUT2D eigenvalue weighted by Crippen LogP contribution is 2.28. The summed E-state index contributed by atoms with van der Waals surface area (Å²) >= 11 is 0. The molecule has 2 heterocycles. The summed E-state index contributed by atoms with van der Waals surface area (Å²) < 4.78 is 0. The van der Waals surface area contributed by atoms with E-state index in [9.17, 15) is 4.79 Å². The third-order valence-corrected chi connectivity index (χ3v) is 3.84. The summed E-state index contributed by atoms with van der Waals surface area (Å²) in [5.41, 5.74) is 0. The maximum Gasteiger partial charge on any atom is 0.147 e. The summed E-state index contributed by atoms with van der Waals surface area (Å²) in [4.78, 5) is 14.3. The zero-order chi connectivity index (χ0) is 11.5. The molecule has 2 unspecified atom stereocenters. The van der Waals surface area contributed by atoms with Gasteiger partial charge in [-0.1, -0.05) is 13.8 Å². The number of carbonyl (C=O) groups is 1. The second kappa shape index (κ2) is 5.28. The van der Waals surface area contributed by atoms with Crippen LogP contribution in [0.25, 0.3) is 0 Å². The summed E-state index contributed by atoms with van der Waals surface area (Å²) in [5.74, 6) is 1.72. The quantitative estimate of drug-likeness (QED) is 0.781. The van der Waals surface area contributed by atoms with Gasteiger partial charge in [-0.15, -0.1) is 0 Å². The van der Waals surface area contributed by atoms with Crippen LogP contribution in [0.2, 0.25) is 0 Å².